The number of H-pyrrole nitrogens is 1. The number of pyridine rings is 1. The van der Waals surface area contributed by atoms with E-state index in [1.807, 2.05) is 20.8 Å². The molecule has 0 saturated heterocycles. The van der Waals surface area contributed by atoms with Gasteiger partial charge in [-0.25, -0.2) is 0 Å². The molecule has 1 aromatic heterocycles. The summed E-state index contributed by atoms with van der Waals surface area (Å²) in [7, 11) is 0. The first-order valence-corrected chi connectivity index (χ1v) is 5.11. The molecule has 0 spiro atoms. The Morgan fingerprint density at radius 2 is 2.13 bits per heavy atom. The standard InChI is InChI=1S/C11H16N2O2/c1-4-9-7(3)6-8(11(15)13-9)10(14)12-5-2/h6H,4-5H2,1-3H3,(H,12,14)(H,13,15). The van der Waals surface area contributed by atoms with Crippen LogP contribution in [0.1, 0.15) is 35.5 Å². The third-order valence-electron chi connectivity index (χ3n) is 2.28. The van der Waals surface area contributed by atoms with Crippen LogP contribution in [0, 0.1) is 6.92 Å². The molecule has 1 aromatic rings. The first-order valence-electron chi connectivity index (χ1n) is 5.11. The minimum absolute atomic E-state index is 0.187. The van der Waals surface area contributed by atoms with Crippen LogP contribution in [0.4, 0.5) is 0 Å². The number of hydrogen-bond acceptors (Lipinski definition) is 2. The summed E-state index contributed by atoms with van der Waals surface area (Å²) in [6, 6.07) is 1.64. The van der Waals surface area contributed by atoms with Gasteiger partial charge in [0.1, 0.15) is 5.56 Å². The Bertz CT molecular complexity index is 421. The summed E-state index contributed by atoms with van der Waals surface area (Å²) in [5, 5.41) is 2.61. The number of amides is 1. The predicted octanol–water partition coefficient (Wildman–Crippen LogP) is 0.995. The van der Waals surface area contributed by atoms with Crippen molar-refractivity contribution in [3.8, 4) is 0 Å². The van der Waals surface area contributed by atoms with Crippen LogP contribution in [-0.2, 0) is 6.42 Å². The highest BCUT2D eigenvalue weighted by atomic mass is 16.2. The van der Waals surface area contributed by atoms with Crippen molar-refractivity contribution >= 4 is 5.91 Å². The maximum Gasteiger partial charge on any atom is 0.261 e. The summed E-state index contributed by atoms with van der Waals surface area (Å²) < 4.78 is 0. The summed E-state index contributed by atoms with van der Waals surface area (Å²) in [4.78, 5) is 25.8. The number of carbonyl (C=O) groups excluding carboxylic acids is 1. The zero-order chi connectivity index (χ0) is 11.4. The molecule has 2 N–H and O–H groups in total. The molecule has 82 valence electrons. The Morgan fingerprint density at radius 3 is 2.67 bits per heavy atom. The van der Waals surface area contributed by atoms with E-state index in [2.05, 4.69) is 10.3 Å². The van der Waals surface area contributed by atoms with Crippen molar-refractivity contribution in [2.75, 3.05) is 6.54 Å². The van der Waals surface area contributed by atoms with Crippen molar-refractivity contribution in [2.45, 2.75) is 27.2 Å². The predicted molar refractivity (Wildman–Crippen MR) is 59.2 cm³/mol. The van der Waals surface area contributed by atoms with Crippen molar-refractivity contribution in [1.82, 2.24) is 10.3 Å². The van der Waals surface area contributed by atoms with E-state index in [-0.39, 0.29) is 17.0 Å². The lowest BCUT2D eigenvalue weighted by atomic mass is 10.1. The van der Waals surface area contributed by atoms with Crippen LogP contribution in [0.15, 0.2) is 10.9 Å². The van der Waals surface area contributed by atoms with Crippen LogP contribution in [0.25, 0.3) is 0 Å². The average molecular weight is 208 g/mol. The van der Waals surface area contributed by atoms with E-state index in [0.717, 1.165) is 17.7 Å². The highest BCUT2D eigenvalue weighted by Crippen LogP contribution is 2.04. The van der Waals surface area contributed by atoms with Crippen LogP contribution in [0.3, 0.4) is 0 Å². The average Bonchev–Trinajstić information content (AvgIpc) is 2.21. The normalized spacial score (nSPS) is 10.1. The van der Waals surface area contributed by atoms with E-state index in [4.69, 9.17) is 0 Å². The van der Waals surface area contributed by atoms with Crippen molar-refractivity contribution in [3.05, 3.63) is 33.2 Å². The Kier molecular flexibility index (Phi) is 3.66. The molecule has 0 fully saturated rings. The number of rotatable bonds is 3. The minimum Gasteiger partial charge on any atom is -0.352 e. The molecule has 0 aromatic carbocycles. The lowest BCUT2D eigenvalue weighted by Crippen LogP contribution is -2.30. The van der Waals surface area contributed by atoms with Crippen molar-refractivity contribution < 1.29 is 4.79 Å². The van der Waals surface area contributed by atoms with Crippen LogP contribution in [0.2, 0.25) is 0 Å². The zero-order valence-electron chi connectivity index (χ0n) is 9.31. The second-order valence-electron chi connectivity index (χ2n) is 3.39. The molecule has 1 amide bonds. The molecule has 0 bridgehead atoms. The van der Waals surface area contributed by atoms with Gasteiger partial charge in [-0.05, 0) is 31.9 Å². The molecule has 1 heterocycles. The van der Waals surface area contributed by atoms with Crippen molar-refractivity contribution in [2.24, 2.45) is 0 Å². The third-order valence-corrected chi connectivity index (χ3v) is 2.28. The molecule has 0 unspecified atom stereocenters. The second-order valence-corrected chi connectivity index (χ2v) is 3.39. The summed E-state index contributed by atoms with van der Waals surface area (Å²) >= 11 is 0. The van der Waals surface area contributed by atoms with Crippen molar-refractivity contribution in [1.29, 1.82) is 0 Å². The lowest BCUT2D eigenvalue weighted by Gasteiger charge is -2.06. The van der Waals surface area contributed by atoms with E-state index in [9.17, 15) is 9.59 Å². The van der Waals surface area contributed by atoms with Gasteiger partial charge in [0, 0.05) is 12.2 Å². The monoisotopic (exact) mass is 208 g/mol. The third kappa shape index (κ3) is 2.46. The fraction of sp³-hybridized carbons (Fsp3) is 0.455. The molecule has 0 saturated carbocycles. The van der Waals surface area contributed by atoms with Gasteiger partial charge in [-0.3, -0.25) is 9.59 Å². The summed E-state index contributed by atoms with van der Waals surface area (Å²) in [5.74, 6) is -0.315. The Balaban J connectivity index is 3.16. The topological polar surface area (TPSA) is 62.0 Å². The van der Waals surface area contributed by atoms with Gasteiger partial charge in [0.15, 0.2) is 0 Å². The van der Waals surface area contributed by atoms with E-state index in [1.54, 1.807) is 6.07 Å². The zero-order valence-corrected chi connectivity index (χ0v) is 9.31. The quantitative estimate of drug-likeness (QED) is 0.778. The largest absolute Gasteiger partial charge is 0.352 e. The number of carbonyl (C=O) groups is 1. The maximum absolute atomic E-state index is 11.6. The van der Waals surface area contributed by atoms with Gasteiger partial charge in [0.25, 0.3) is 11.5 Å². The summed E-state index contributed by atoms with van der Waals surface area (Å²) in [6.45, 7) is 6.19. The number of aryl methyl sites for hydroxylation is 2. The summed E-state index contributed by atoms with van der Waals surface area (Å²) in [6.07, 6.45) is 0.761. The second kappa shape index (κ2) is 4.77. The Morgan fingerprint density at radius 1 is 1.47 bits per heavy atom. The van der Waals surface area contributed by atoms with Gasteiger partial charge in [0.2, 0.25) is 0 Å². The number of aromatic nitrogens is 1. The Labute approximate surface area is 88.7 Å². The molecule has 1 rings (SSSR count). The van der Waals surface area contributed by atoms with E-state index in [1.165, 1.54) is 0 Å². The van der Waals surface area contributed by atoms with E-state index < -0.39 is 0 Å². The van der Waals surface area contributed by atoms with Crippen molar-refractivity contribution in [3.63, 3.8) is 0 Å². The number of nitrogens with one attached hydrogen (secondary N) is 2. The van der Waals surface area contributed by atoms with Gasteiger partial charge in [-0.2, -0.15) is 0 Å². The van der Waals surface area contributed by atoms with Gasteiger partial charge in [-0.1, -0.05) is 6.92 Å². The first-order chi connectivity index (χ1) is 7.10. The highest BCUT2D eigenvalue weighted by Gasteiger charge is 2.11. The molecule has 0 atom stereocenters. The van der Waals surface area contributed by atoms with Gasteiger partial charge >= 0.3 is 0 Å². The highest BCUT2D eigenvalue weighted by molar-refractivity contribution is 5.93. The molecular weight excluding hydrogens is 192 g/mol. The van der Waals surface area contributed by atoms with Gasteiger partial charge in [-0.15, -0.1) is 0 Å². The molecule has 0 radical (unpaired) electrons. The van der Waals surface area contributed by atoms with Gasteiger partial charge in [0.05, 0.1) is 0 Å². The molecular formula is C11H16N2O2. The maximum atomic E-state index is 11.6. The van der Waals surface area contributed by atoms with E-state index in [0.29, 0.717) is 6.54 Å². The smallest absolute Gasteiger partial charge is 0.261 e. The first kappa shape index (κ1) is 11.5. The number of aromatic amines is 1. The fourth-order valence-electron chi connectivity index (χ4n) is 1.46. The lowest BCUT2D eigenvalue weighted by molar-refractivity contribution is 0.0954. The fourth-order valence-corrected chi connectivity index (χ4v) is 1.46. The molecule has 0 aliphatic carbocycles. The van der Waals surface area contributed by atoms with Crippen LogP contribution >= 0.6 is 0 Å². The van der Waals surface area contributed by atoms with Crippen LogP contribution in [0.5, 0.6) is 0 Å². The van der Waals surface area contributed by atoms with Gasteiger partial charge < -0.3 is 10.3 Å². The molecule has 4 heteroatoms. The minimum atomic E-state index is -0.316. The van der Waals surface area contributed by atoms with E-state index >= 15 is 0 Å². The van der Waals surface area contributed by atoms with Crippen LogP contribution < -0.4 is 10.9 Å². The van der Waals surface area contributed by atoms with Crippen LogP contribution in [-0.4, -0.2) is 17.4 Å². The molecule has 15 heavy (non-hydrogen) atoms. The molecule has 0 aliphatic heterocycles. The number of hydrogen-bond donors (Lipinski definition) is 2. The SMILES string of the molecule is CCNC(=O)c1cc(C)c(CC)[nH]c1=O. The molecule has 0 aliphatic rings. The summed E-state index contributed by atoms with van der Waals surface area (Å²) in [5.41, 5.74) is 1.70. The Hall–Kier alpha value is -1.58. The molecule has 4 nitrogen and oxygen atoms in total.